The van der Waals surface area contributed by atoms with E-state index >= 15 is 0 Å². The zero-order valence-corrected chi connectivity index (χ0v) is 9.48. The fourth-order valence-corrected chi connectivity index (χ4v) is 1.51. The highest BCUT2D eigenvalue weighted by molar-refractivity contribution is 5.38. The van der Waals surface area contributed by atoms with Gasteiger partial charge in [-0.2, -0.15) is 0 Å². The number of aromatic nitrogens is 2. The molecular weight excluding hydrogens is 190 g/mol. The zero-order chi connectivity index (χ0) is 11.1. The maximum Gasteiger partial charge on any atom is 0.132 e. The highest BCUT2D eigenvalue weighted by atomic mass is 16.3. The van der Waals surface area contributed by atoms with Crippen molar-refractivity contribution in [3.05, 3.63) is 18.1 Å². The van der Waals surface area contributed by atoms with Crippen molar-refractivity contribution in [1.29, 1.82) is 0 Å². The predicted octanol–water partition coefficient (Wildman–Crippen LogP) is 1.25. The second-order valence-corrected chi connectivity index (χ2v) is 3.42. The Labute approximate surface area is 91.0 Å². The van der Waals surface area contributed by atoms with E-state index in [0.717, 1.165) is 30.9 Å². The van der Waals surface area contributed by atoms with Gasteiger partial charge in [-0.25, -0.2) is 9.97 Å². The lowest BCUT2D eigenvalue weighted by Gasteiger charge is -2.20. The Morgan fingerprint density at radius 3 is 2.73 bits per heavy atom. The number of nitrogens with zero attached hydrogens (tertiary/aromatic N) is 3. The van der Waals surface area contributed by atoms with E-state index in [-0.39, 0.29) is 6.61 Å². The van der Waals surface area contributed by atoms with Crippen LogP contribution in [0.2, 0.25) is 0 Å². The van der Waals surface area contributed by atoms with Gasteiger partial charge in [0.25, 0.3) is 0 Å². The summed E-state index contributed by atoms with van der Waals surface area (Å²) >= 11 is 0. The minimum Gasteiger partial charge on any atom is -0.395 e. The average Bonchev–Trinajstić information content (AvgIpc) is 2.27. The van der Waals surface area contributed by atoms with Gasteiger partial charge in [0, 0.05) is 24.8 Å². The van der Waals surface area contributed by atoms with Crippen LogP contribution in [0.5, 0.6) is 0 Å². The third kappa shape index (κ3) is 3.47. The van der Waals surface area contributed by atoms with Gasteiger partial charge in [-0.3, -0.25) is 0 Å². The molecule has 4 nitrogen and oxygen atoms in total. The molecule has 1 aromatic heterocycles. The summed E-state index contributed by atoms with van der Waals surface area (Å²) in [5.74, 6) is 0.907. The van der Waals surface area contributed by atoms with Crippen LogP contribution in [0.25, 0.3) is 0 Å². The number of hydrogen-bond acceptors (Lipinski definition) is 4. The van der Waals surface area contributed by atoms with E-state index in [2.05, 4.69) is 23.8 Å². The van der Waals surface area contributed by atoms with Crippen molar-refractivity contribution in [3.63, 3.8) is 0 Å². The first-order valence-electron chi connectivity index (χ1n) is 5.48. The summed E-state index contributed by atoms with van der Waals surface area (Å²) < 4.78 is 0. The third-order valence-electron chi connectivity index (χ3n) is 2.29. The molecule has 0 radical (unpaired) electrons. The SMILES string of the molecule is CCCc1cc(N(CC)CCO)ncn1. The largest absolute Gasteiger partial charge is 0.395 e. The maximum atomic E-state index is 8.92. The predicted molar refractivity (Wildman–Crippen MR) is 61.0 cm³/mol. The summed E-state index contributed by atoms with van der Waals surface area (Å²) in [6, 6.07) is 2.00. The van der Waals surface area contributed by atoms with E-state index in [1.165, 1.54) is 0 Å². The van der Waals surface area contributed by atoms with Crippen LogP contribution in [0.15, 0.2) is 12.4 Å². The van der Waals surface area contributed by atoms with Crippen molar-refractivity contribution in [3.8, 4) is 0 Å². The van der Waals surface area contributed by atoms with Crippen LogP contribution in [0.4, 0.5) is 5.82 Å². The van der Waals surface area contributed by atoms with E-state index < -0.39 is 0 Å². The Hall–Kier alpha value is -1.16. The van der Waals surface area contributed by atoms with E-state index in [0.29, 0.717) is 6.54 Å². The van der Waals surface area contributed by atoms with Gasteiger partial charge in [0.15, 0.2) is 0 Å². The van der Waals surface area contributed by atoms with Crippen molar-refractivity contribution < 1.29 is 5.11 Å². The fraction of sp³-hybridized carbons (Fsp3) is 0.636. The van der Waals surface area contributed by atoms with Gasteiger partial charge in [0.2, 0.25) is 0 Å². The normalized spacial score (nSPS) is 10.3. The molecule has 4 heteroatoms. The van der Waals surface area contributed by atoms with Crippen molar-refractivity contribution in [2.24, 2.45) is 0 Å². The van der Waals surface area contributed by atoms with Crippen LogP contribution in [0, 0.1) is 0 Å². The lowest BCUT2D eigenvalue weighted by atomic mass is 10.2. The lowest BCUT2D eigenvalue weighted by molar-refractivity contribution is 0.302. The summed E-state index contributed by atoms with van der Waals surface area (Å²) in [5, 5.41) is 8.92. The fourth-order valence-electron chi connectivity index (χ4n) is 1.51. The molecule has 1 N–H and O–H groups in total. The zero-order valence-electron chi connectivity index (χ0n) is 9.48. The molecule has 0 aliphatic carbocycles. The minimum absolute atomic E-state index is 0.154. The number of rotatable bonds is 6. The van der Waals surface area contributed by atoms with E-state index in [4.69, 9.17) is 5.11 Å². The number of aliphatic hydroxyl groups excluding tert-OH is 1. The number of hydrogen-bond donors (Lipinski definition) is 1. The quantitative estimate of drug-likeness (QED) is 0.766. The number of likely N-dealkylation sites (N-methyl/N-ethyl adjacent to an activating group) is 1. The lowest BCUT2D eigenvalue weighted by Crippen LogP contribution is -2.27. The van der Waals surface area contributed by atoms with Crippen LogP contribution in [0.1, 0.15) is 26.0 Å². The molecule has 0 amide bonds. The second kappa shape index (κ2) is 6.35. The second-order valence-electron chi connectivity index (χ2n) is 3.42. The molecule has 0 spiro atoms. The summed E-state index contributed by atoms with van der Waals surface area (Å²) in [4.78, 5) is 10.5. The molecule has 0 fully saturated rings. The molecule has 84 valence electrons. The summed E-state index contributed by atoms with van der Waals surface area (Å²) in [6.07, 6.45) is 3.66. The van der Waals surface area contributed by atoms with Gasteiger partial charge >= 0.3 is 0 Å². The Kier molecular flexibility index (Phi) is 5.04. The molecule has 0 unspecified atom stereocenters. The number of aliphatic hydroxyl groups is 1. The van der Waals surface area contributed by atoms with Gasteiger partial charge in [0.1, 0.15) is 12.1 Å². The first-order valence-corrected chi connectivity index (χ1v) is 5.48. The molecule has 0 aliphatic rings. The van der Waals surface area contributed by atoms with E-state index in [9.17, 15) is 0 Å². The van der Waals surface area contributed by atoms with Crippen LogP contribution >= 0.6 is 0 Å². The van der Waals surface area contributed by atoms with Gasteiger partial charge in [-0.05, 0) is 13.3 Å². The van der Waals surface area contributed by atoms with Crippen molar-refractivity contribution >= 4 is 5.82 Å². The standard InChI is InChI=1S/C11H19N3O/c1-3-5-10-8-11(13-9-12-10)14(4-2)6-7-15/h8-9,15H,3-7H2,1-2H3. The summed E-state index contributed by atoms with van der Waals surface area (Å²) in [5.41, 5.74) is 1.07. The summed E-state index contributed by atoms with van der Waals surface area (Å²) in [6.45, 7) is 5.81. The topological polar surface area (TPSA) is 49.2 Å². The third-order valence-corrected chi connectivity index (χ3v) is 2.29. The molecule has 1 heterocycles. The highest BCUT2D eigenvalue weighted by Gasteiger charge is 2.05. The Morgan fingerprint density at radius 1 is 1.33 bits per heavy atom. The molecule has 0 aromatic carbocycles. The molecular formula is C11H19N3O. The van der Waals surface area contributed by atoms with Gasteiger partial charge in [0.05, 0.1) is 6.61 Å². The van der Waals surface area contributed by atoms with E-state index in [1.807, 2.05) is 11.0 Å². The molecule has 0 aliphatic heterocycles. The van der Waals surface area contributed by atoms with Crippen molar-refractivity contribution in [2.45, 2.75) is 26.7 Å². The highest BCUT2D eigenvalue weighted by Crippen LogP contribution is 2.11. The molecule has 0 atom stereocenters. The summed E-state index contributed by atoms with van der Waals surface area (Å²) in [7, 11) is 0. The Balaban J connectivity index is 2.77. The van der Waals surface area contributed by atoms with Crippen molar-refractivity contribution in [1.82, 2.24) is 9.97 Å². The van der Waals surface area contributed by atoms with Crippen LogP contribution in [-0.4, -0.2) is 34.8 Å². The Morgan fingerprint density at radius 2 is 2.13 bits per heavy atom. The van der Waals surface area contributed by atoms with Crippen LogP contribution < -0.4 is 4.90 Å². The first-order chi connectivity index (χ1) is 7.31. The Bertz CT molecular complexity index is 291. The molecule has 15 heavy (non-hydrogen) atoms. The van der Waals surface area contributed by atoms with Crippen LogP contribution in [0.3, 0.4) is 0 Å². The number of aryl methyl sites for hydroxylation is 1. The van der Waals surface area contributed by atoms with Gasteiger partial charge in [-0.15, -0.1) is 0 Å². The van der Waals surface area contributed by atoms with Crippen molar-refractivity contribution in [2.75, 3.05) is 24.6 Å². The first kappa shape index (κ1) is 11.9. The van der Waals surface area contributed by atoms with Crippen LogP contribution in [-0.2, 0) is 6.42 Å². The smallest absolute Gasteiger partial charge is 0.132 e. The average molecular weight is 209 g/mol. The van der Waals surface area contributed by atoms with Gasteiger partial charge in [-0.1, -0.05) is 13.3 Å². The maximum absolute atomic E-state index is 8.92. The minimum atomic E-state index is 0.154. The molecule has 0 saturated carbocycles. The van der Waals surface area contributed by atoms with Gasteiger partial charge < -0.3 is 10.0 Å². The molecule has 1 aromatic rings. The monoisotopic (exact) mass is 209 g/mol. The van der Waals surface area contributed by atoms with E-state index in [1.54, 1.807) is 6.33 Å². The number of anilines is 1. The molecule has 1 rings (SSSR count). The molecule has 0 bridgehead atoms. The molecule has 0 saturated heterocycles.